The van der Waals surface area contributed by atoms with Gasteiger partial charge in [-0.3, -0.25) is 9.89 Å². The number of ether oxygens (including phenoxy) is 1. The van der Waals surface area contributed by atoms with Crippen LogP contribution in [-0.2, 0) is 11.3 Å². The van der Waals surface area contributed by atoms with E-state index in [4.69, 9.17) is 21.3 Å². The molecule has 0 amide bonds. The van der Waals surface area contributed by atoms with E-state index >= 15 is 0 Å². The van der Waals surface area contributed by atoms with Crippen molar-refractivity contribution < 1.29 is 4.74 Å². The van der Waals surface area contributed by atoms with Crippen LogP contribution in [0.3, 0.4) is 0 Å². The van der Waals surface area contributed by atoms with Crippen molar-refractivity contribution in [1.29, 1.82) is 0 Å². The monoisotopic (exact) mass is 563 g/mol. The number of nitrogens with one attached hydrogen (secondary N) is 1. The molecule has 3 rings (SSSR count). The summed E-state index contributed by atoms with van der Waals surface area (Å²) >= 11 is 7.96. The van der Waals surface area contributed by atoms with Gasteiger partial charge in [-0.25, -0.2) is 4.98 Å². The van der Waals surface area contributed by atoms with Crippen molar-refractivity contribution in [3.8, 4) is 0 Å². The highest BCUT2D eigenvalue weighted by molar-refractivity contribution is 14.0. The van der Waals surface area contributed by atoms with Gasteiger partial charge in [0.15, 0.2) is 5.96 Å². The first-order valence-electron chi connectivity index (χ1n) is 10.0. The molecule has 1 unspecified atom stereocenters. The van der Waals surface area contributed by atoms with E-state index in [0.717, 1.165) is 61.1 Å². The maximum absolute atomic E-state index is 6.28. The molecule has 0 aliphatic carbocycles. The van der Waals surface area contributed by atoms with Gasteiger partial charge in [0.25, 0.3) is 0 Å². The molecule has 1 fully saturated rings. The maximum Gasteiger partial charge on any atom is 0.194 e. The number of hydrogen-bond acceptors (Lipinski definition) is 5. The Morgan fingerprint density at radius 2 is 2.17 bits per heavy atom. The third-order valence-corrected chi connectivity index (χ3v) is 5.95. The zero-order valence-corrected chi connectivity index (χ0v) is 21.7. The molecule has 30 heavy (non-hydrogen) atoms. The van der Waals surface area contributed by atoms with Crippen LogP contribution in [0.15, 0.2) is 34.6 Å². The predicted molar refractivity (Wildman–Crippen MR) is 136 cm³/mol. The summed E-state index contributed by atoms with van der Waals surface area (Å²) in [5.74, 6) is 0.887. The largest absolute Gasteiger partial charge is 0.379 e. The average molecular weight is 564 g/mol. The van der Waals surface area contributed by atoms with E-state index in [1.165, 1.54) is 5.56 Å². The summed E-state index contributed by atoms with van der Waals surface area (Å²) in [6.45, 7) is 9.64. The van der Waals surface area contributed by atoms with Crippen molar-refractivity contribution in [3.05, 3.63) is 50.9 Å². The summed E-state index contributed by atoms with van der Waals surface area (Å²) in [5, 5.41) is 7.37. The lowest BCUT2D eigenvalue weighted by atomic mass is 10.0. The van der Waals surface area contributed by atoms with E-state index in [0.29, 0.717) is 6.54 Å². The lowest BCUT2D eigenvalue weighted by Crippen LogP contribution is -2.42. The Morgan fingerprint density at radius 1 is 1.40 bits per heavy atom. The number of benzene rings is 1. The Morgan fingerprint density at radius 3 is 2.80 bits per heavy atom. The van der Waals surface area contributed by atoms with Crippen LogP contribution in [0.5, 0.6) is 0 Å². The number of nitrogens with zero attached hydrogens (tertiary/aromatic N) is 4. The number of aromatic nitrogens is 1. The lowest BCUT2D eigenvalue weighted by Gasteiger charge is -2.34. The number of rotatable bonds is 7. The smallest absolute Gasteiger partial charge is 0.194 e. The van der Waals surface area contributed by atoms with Gasteiger partial charge in [-0.15, -0.1) is 35.3 Å². The van der Waals surface area contributed by atoms with Gasteiger partial charge in [-0.2, -0.15) is 0 Å². The molecule has 1 N–H and O–H groups in total. The standard InChI is InChI=1S/C21H30ClN5OS.HI/c1-4-23-21(26(3)14-19-15-29-16(2)25-19)24-13-20(27-8-10-28-11-9-27)17-6-5-7-18(22)12-17;/h5-7,12,15,20H,4,8-11,13-14H2,1-3H3,(H,23,24);1H. The van der Waals surface area contributed by atoms with Gasteiger partial charge in [-0.1, -0.05) is 23.7 Å². The second-order valence-corrected chi connectivity index (χ2v) is 8.63. The second kappa shape index (κ2) is 12.8. The fourth-order valence-corrected chi connectivity index (χ4v) is 4.28. The second-order valence-electron chi connectivity index (χ2n) is 7.13. The van der Waals surface area contributed by atoms with Gasteiger partial charge in [0.1, 0.15) is 0 Å². The van der Waals surface area contributed by atoms with E-state index in [9.17, 15) is 0 Å². The third-order valence-electron chi connectivity index (χ3n) is 4.90. The van der Waals surface area contributed by atoms with Crippen molar-refractivity contribution in [2.45, 2.75) is 26.4 Å². The first kappa shape index (κ1) is 25.3. The number of thiazole rings is 1. The zero-order valence-electron chi connectivity index (χ0n) is 17.8. The molecule has 2 aromatic rings. The fraction of sp³-hybridized carbons (Fsp3) is 0.524. The highest BCUT2D eigenvalue weighted by Gasteiger charge is 2.23. The van der Waals surface area contributed by atoms with E-state index in [2.05, 4.69) is 45.5 Å². The molecule has 6 nitrogen and oxygen atoms in total. The van der Waals surface area contributed by atoms with Crippen LogP contribution in [0.4, 0.5) is 0 Å². The minimum Gasteiger partial charge on any atom is -0.379 e. The molecule has 1 atom stereocenters. The van der Waals surface area contributed by atoms with Crippen LogP contribution in [0, 0.1) is 6.92 Å². The third kappa shape index (κ3) is 7.33. The number of aliphatic imine (C=N–C) groups is 1. The molecule has 1 aromatic carbocycles. The Hall–Kier alpha value is -0.940. The van der Waals surface area contributed by atoms with E-state index in [-0.39, 0.29) is 30.0 Å². The number of morpholine rings is 1. The summed E-state index contributed by atoms with van der Waals surface area (Å²) in [7, 11) is 2.05. The molecular formula is C21H31ClIN5OS. The lowest BCUT2D eigenvalue weighted by molar-refractivity contribution is 0.0179. The van der Waals surface area contributed by atoms with Gasteiger partial charge in [0.2, 0.25) is 0 Å². The fourth-order valence-electron chi connectivity index (χ4n) is 3.48. The summed E-state index contributed by atoms with van der Waals surface area (Å²) < 4.78 is 5.55. The first-order chi connectivity index (χ1) is 14.1. The highest BCUT2D eigenvalue weighted by atomic mass is 127. The van der Waals surface area contributed by atoms with Gasteiger partial charge in [0.05, 0.1) is 43.0 Å². The molecule has 0 radical (unpaired) electrons. The van der Waals surface area contributed by atoms with Crippen molar-refractivity contribution in [2.24, 2.45) is 4.99 Å². The zero-order chi connectivity index (χ0) is 20.6. The van der Waals surface area contributed by atoms with Crippen LogP contribution < -0.4 is 5.32 Å². The normalized spacial score (nSPS) is 16.1. The number of halogens is 2. The topological polar surface area (TPSA) is 53.0 Å². The molecule has 166 valence electrons. The first-order valence-corrected chi connectivity index (χ1v) is 11.3. The minimum atomic E-state index is 0. The van der Waals surface area contributed by atoms with E-state index in [1.54, 1.807) is 11.3 Å². The quantitative estimate of drug-likeness (QED) is 0.311. The van der Waals surface area contributed by atoms with E-state index in [1.807, 2.05) is 25.1 Å². The van der Waals surface area contributed by atoms with Crippen LogP contribution in [-0.4, -0.2) is 67.2 Å². The Balaban J connectivity index is 0.00000320. The van der Waals surface area contributed by atoms with Crippen LogP contribution in [0.2, 0.25) is 5.02 Å². The molecule has 1 saturated heterocycles. The molecule has 0 spiro atoms. The average Bonchev–Trinajstić information content (AvgIpc) is 3.12. The van der Waals surface area contributed by atoms with Crippen molar-refractivity contribution in [3.63, 3.8) is 0 Å². The van der Waals surface area contributed by atoms with E-state index < -0.39 is 0 Å². The molecule has 0 saturated carbocycles. The van der Waals surface area contributed by atoms with Crippen molar-refractivity contribution in [1.82, 2.24) is 20.1 Å². The summed E-state index contributed by atoms with van der Waals surface area (Å²) in [4.78, 5) is 14.1. The van der Waals surface area contributed by atoms with Gasteiger partial charge < -0.3 is 15.0 Å². The molecular weight excluding hydrogens is 533 g/mol. The number of guanidine groups is 1. The molecule has 9 heteroatoms. The van der Waals surface area contributed by atoms with Crippen molar-refractivity contribution in [2.75, 3.05) is 46.4 Å². The summed E-state index contributed by atoms with van der Waals surface area (Å²) in [6.07, 6.45) is 0. The van der Waals surface area contributed by atoms with Crippen molar-refractivity contribution >= 4 is 52.9 Å². The predicted octanol–water partition coefficient (Wildman–Crippen LogP) is 4.19. The van der Waals surface area contributed by atoms with Gasteiger partial charge in [-0.05, 0) is 31.5 Å². The molecule has 0 bridgehead atoms. The van der Waals surface area contributed by atoms with Crippen LogP contribution in [0.25, 0.3) is 0 Å². The Labute approximate surface area is 205 Å². The summed E-state index contributed by atoms with van der Waals surface area (Å²) in [6, 6.07) is 8.28. The van der Waals surface area contributed by atoms with Gasteiger partial charge >= 0.3 is 0 Å². The SMILES string of the molecule is CCNC(=NCC(c1cccc(Cl)c1)N1CCOCC1)N(C)Cc1csc(C)n1.I. The van der Waals surface area contributed by atoms with Crippen LogP contribution in [0.1, 0.15) is 29.2 Å². The molecule has 2 heterocycles. The Bertz CT molecular complexity index is 812. The van der Waals surface area contributed by atoms with Gasteiger partial charge in [0, 0.05) is 37.1 Å². The number of hydrogen-bond donors (Lipinski definition) is 1. The molecule has 1 aliphatic rings. The molecule has 1 aliphatic heterocycles. The molecule has 1 aromatic heterocycles. The highest BCUT2D eigenvalue weighted by Crippen LogP contribution is 2.25. The van der Waals surface area contributed by atoms with Crippen LogP contribution >= 0.6 is 46.9 Å². The summed E-state index contributed by atoms with van der Waals surface area (Å²) in [5.41, 5.74) is 2.26. The number of aryl methyl sites for hydroxylation is 1. The minimum absolute atomic E-state index is 0. The maximum atomic E-state index is 6.28. The Kier molecular flexibility index (Phi) is 10.8.